The molecule has 1 N–H and O–H groups in total. The van der Waals surface area contributed by atoms with Crippen LogP contribution in [0.2, 0.25) is 0 Å². The quantitative estimate of drug-likeness (QED) is 0.713. The van der Waals surface area contributed by atoms with Crippen LogP contribution in [0.15, 0.2) is 35.7 Å². The molecule has 0 aromatic carbocycles. The molecule has 0 unspecified atom stereocenters. The summed E-state index contributed by atoms with van der Waals surface area (Å²) in [6, 6.07) is 4.53. The largest absolute Gasteiger partial charge is 0.381 e. The van der Waals surface area contributed by atoms with Crippen molar-refractivity contribution < 1.29 is 4.74 Å². The van der Waals surface area contributed by atoms with Crippen LogP contribution >= 0.6 is 0 Å². The van der Waals surface area contributed by atoms with Crippen LogP contribution in [-0.2, 0) is 4.74 Å². The molecule has 0 radical (unpaired) electrons. The summed E-state index contributed by atoms with van der Waals surface area (Å²) in [6.07, 6.45) is 7.64. The van der Waals surface area contributed by atoms with Crippen molar-refractivity contribution in [1.29, 1.82) is 0 Å². The summed E-state index contributed by atoms with van der Waals surface area (Å²) in [5, 5.41) is 8.01. The van der Waals surface area contributed by atoms with E-state index in [1.54, 1.807) is 0 Å². The number of ether oxygens (including phenoxy) is 1. The van der Waals surface area contributed by atoms with E-state index in [0.717, 1.165) is 59.8 Å². The molecule has 140 valence electrons. The second-order valence-electron chi connectivity index (χ2n) is 7.10. The van der Waals surface area contributed by atoms with E-state index in [-0.39, 0.29) is 0 Å². The van der Waals surface area contributed by atoms with E-state index in [4.69, 9.17) is 4.74 Å². The lowest BCUT2D eigenvalue weighted by Crippen LogP contribution is -2.28. The van der Waals surface area contributed by atoms with E-state index >= 15 is 0 Å². The smallest absolute Gasteiger partial charge is 0.241 e. The van der Waals surface area contributed by atoms with Crippen molar-refractivity contribution in [1.82, 2.24) is 19.6 Å². The Bertz CT molecular complexity index is 983. The lowest BCUT2D eigenvalue weighted by molar-refractivity contribution is 0.0903. The molecule has 1 aliphatic rings. The number of nitrogens with zero attached hydrogens (tertiary/aromatic N) is 5. The van der Waals surface area contributed by atoms with Gasteiger partial charge in [0.15, 0.2) is 5.82 Å². The van der Waals surface area contributed by atoms with Crippen molar-refractivity contribution in [2.45, 2.75) is 39.7 Å². The molecular weight excluding hydrogens is 340 g/mol. The summed E-state index contributed by atoms with van der Waals surface area (Å²) in [7, 11) is 0. The van der Waals surface area contributed by atoms with Crippen molar-refractivity contribution in [2.75, 3.05) is 18.5 Å². The van der Waals surface area contributed by atoms with Gasteiger partial charge in [-0.2, -0.15) is 0 Å². The molecule has 0 saturated carbocycles. The predicted octanol–water partition coefficient (Wildman–Crippen LogP) is 3.80. The molecule has 0 spiro atoms. The van der Waals surface area contributed by atoms with Crippen molar-refractivity contribution in [3.8, 4) is 11.1 Å². The van der Waals surface area contributed by atoms with Gasteiger partial charge in [0, 0.05) is 48.5 Å². The van der Waals surface area contributed by atoms with Crippen LogP contribution in [0.1, 0.15) is 32.3 Å². The van der Waals surface area contributed by atoms with Gasteiger partial charge in [0.05, 0.1) is 11.7 Å². The molecule has 0 amide bonds. The second-order valence-corrected chi connectivity index (χ2v) is 7.10. The van der Waals surface area contributed by atoms with Gasteiger partial charge in [-0.3, -0.25) is 0 Å². The highest BCUT2D eigenvalue weighted by Crippen LogP contribution is 2.28. The Morgan fingerprint density at radius 3 is 2.78 bits per heavy atom. The molecule has 0 atom stereocenters. The van der Waals surface area contributed by atoms with Crippen LogP contribution in [0.4, 0.5) is 11.8 Å². The molecule has 1 saturated heterocycles. The molecule has 0 aliphatic carbocycles. The van der Waals surface area contributed by atoms with Crippen LogP contribution in [0.3, 0.4) is 0 Å². The summed E-state index contributed by atoms with van der Waals surface area (Å²) < 4.78 is 7.26. The molecule has 4 rings (SSSR count). The number of aromatic nitrogens is 4. The van der Waals surface area contributed by atoms with Crippen LogP contribution in [-0.4, -0.2) is 44.5 Å². The lowest BCUT2D eigenvalue weighted by Gasteiger charge is -2.22. The van der Waals surface area contributed by atoms with Gasteiger partial charge in [0.1, 0.15) is 0 Å². The van der Waals surface area contributed by atoms with Gasteiger partial charge < -0.3 is 10.1 Å². The van der Waals surface area contributed by atoms with Crippen molar-refractivity contribution in [2.24, 2.45) is 4.99 Å². The minimum atomic E-state index is 0.369. The number of anilines is 1. The van der Waals surface area contributed by atoms with Crippen molar-refractivity contribution >= 4 is 23.0 Å². The maximum atomic E-state index is 5.40. The SMILES string of the molecule is CC(C)=Nc1ncc(-c2ccn3nc(NC4CCOCC4)ncc23)cc1C. The first-order chi connectivity index (χ1) is 13.1. The Morgan fingerprint density at radius 1 is 1.22 bits per heavy atom. The second kappa shape index (κ2) is 7.44. The molecule has 27 heavy (non-hydrogen) atoms. The maximum absolute atomic E-state index is 5.40. The van der Waals surface area contributed by atoms with Gasteiger partial charge in [-0.05, 0) is 51.3 Å². The number of nitrogens with one attached hydrogen (secondary N) is 1. The van der Waals surface area contributed by atoms with Crippen LogP contribution in [0, 0.1) is 6.92 Å². The Labute approximate surface area is 158 Å². The highest BCUT2D eigenvalue weighted by molar-refractivity contribution is 5.83. The third-order valence-electron chi connectivity index (χ3n) is 4.66. The predicted molar refractivity (Wildman–Crippen MR) is 107 cm³/mol. The van der Waals surface area contributed by atoms with Gasteiger partial charge in [-0.15, -0.1) is 5.10 Å². The molecule has 3 aromatic rings. The fourth-order valence-electron chi connectivity index (χ4n) is 3.28. The normalized spacial score (nSPS) is 15.1. The fraction of sp³-hybridized carbons (Fsp3) is 0.400. The minimum Gasteiger partial charge on any atom is -0.381 e. The number of aryl methyl sites for hydroxylation is 1. The summed E-state index contributed by atoms with van der Waals surface area (Å²) in [4.78, 5) is 13.5. The summed E-state index contributed by atoms with van der Waals surface area (Å²) >= 11 is 0. The van der Waals surface area contributed by atoms with E-state index in [9.17, 15) is 0 Å². The number of rotatable bonds is 4. The standard InChI is InChI=1S/C20H24N6O/c1-13(2)23-19-14(3)10-15(11-21-19)17-4-7-26-18(17)12-22-20(25-26)24-16-5-8-27-9-6-16/h4,7,10-12,16H,5-6,8-9H2,1-3H3,(H,24,25). The highest BCUT2D eigenvalue weighted by atomic mass is 16.5. The van der Waals surface area contributed by atoms with E-state index in [1.807, 2.05) is 49.9 Å². The Morgan fingerprint density at radius 2 is 2.04 bits per heavy atom. The molecule has 0 bridgehead atoms. The number of fused-ring (bicyclic) bond motifs is 1. The maximum Gasteiger partial charge on any atom is 0.241 e. The number of aliphatic imine (C=N–C) groups is 1. The zero-order valence-electron chi connectivity index (χ0n) is 15.9. The van der Waals surface area contributed by atoms with Crippen LogP contribution in [0.25, 0.3) is 16.6 Å². The third-order valence-corrected chi connectivity index (χ3v) is 4.66. The van der Waals surface area contributed by atoms with Gasteiger partial charge in [0.2, 0.25) is 5.95 Å². The monoisotopic (exact) mass is 364 g/mol. The van der Waals surface area contributed by atoms with Crippen molar-refractivity contribution in [3.63, 3.8) is 0 Å². The summed E-state index contributed by atoms with van der Waals surface area (Å²) in [5.74, 6) is 1.41. The highest BCUT2D eigenvalue weighted by Gasteiger charge is 2.15. The summed E-state index contributed by atoms with van der Waals surface area (Å²) in [5.41, 5.74) is 5.09. The number of pyridine rings is 1. The number of hydrogen-bond donors (Lipinski definition) is 1. The minimum absolute atomic E-state index is 0.369. The van der Waals surface area contributed by atoms with Gasteiger partial charge in [-0.25, -0.2) is 19.5 Å². The molecular formula is C20H24N6O. The van der Waals surface area contributed by atoms with Crippen LogP contribution < -0.4 is 5.32 Å². The average molecular weight is 364 g/mol. The van der Waals surface area contributed by atoms with Gasteiger partial charge in [-0.1, -0.05) is 0 Å². The summed E-state index contributed by atoms with van der Waals surface area (Å²) in [6.45, 7) is 7.55. The molecule has 7 heteroatoms. The Kier molecular flexibility index (Phi) is 4.85. The Balaban J connectivity index is 1.61. The number of hydrogen-bond acceptors (Lipinski definition) is 6. The van der Waals surface area contributed by atoms with Gasteiger partial charge in [0.25, 0.3) is 0 Å². The molecule has 3 aromatic heterocycles. The molecule has 1 fully saturated rings. The topological polar surface area (TPSA) is 76.7 Å². The van der Waals surface area contributed by atoms with Crippen molar-refractivity contribution in [3.05, 3.63) is 36.3 Å². The first-order valence-electron chi connectivity index (χ1n) is 9.28. The lowest BCUT2D eigenvalue weighted by atomic mass is 10.1. The third kappa shape index (κ3) is 3.83. The van der Waals surface area contributed by atoms with Gasteiger partial charge >= 0.3 is 0 Å². The van der Waals surface area contributed by atoms with E-state index in [2.05, 4.69) is 31.4 Å². The fourth-order valence-corrected chi connectivity index (χ4v) is 3.28. The zero-order valence-corrected chi connectivity index (χ0v) is 15.9. The first-order valence-corrected chi connectivity index (χ1v) is 9.28. The molecule has 1 aliphatic heterocycles. The van der Waals surface area contributed by atoms with E-state index in [1.165, 1.54) is 0 Å². The Hall–Kier alpha value is -2.80. The zero-order chi connectivity index (χ0) is 18.8. The first kappa shape index (κ1) is 17.6. The average Bonchev–Trinajstić information content (AvgIpc) is 3.07. The molecule has 7 nitrogen and oxygen atoms in total. The molecule has 4 heterocycles. The van der Waals surface area contributed by atoms with E-state index < -0.39 is 0 Å². The van der Waals surface area contributed by atoms with Crippen LogP contribution in [0.5, 0.6) is 0 Å². The van der Waals surface area contributed by atoms with E-state index in [0.29, 0.717) is 12.0 Å².